The van der Waals surface area contributed by atoms with Crippen LogP contribution in [0.3, 0.4) is 0 Å². The molecule has 0 aliphatic carbocycles. The van der Waals surface area contributed by atoms with Gasteiger partial charge in [0.15, 0.2) is 11.6 Å². The van der Waals surface area contributed by atoms with Gasteiger partial charge in [0.25, 0.3) is 5.91 Å². The van der Waals surface area contributed by atoms with Crippen molar-refractivity contribution in [2.45, 2.75) is 13.0 Å². The Morgan fingerprint density at radius 1 is 1.11 bits per heavy atom. The lowest BCUT2D eigenvalue weighted by Gasteiger charge is -2.17. The molecular weight excluding hydrogens is 421 g/mol. The second-order valence-electron chi connectivity index (χ2n) is 6.00. The number of hydrogen-bond donors (Lipinski definition) is 2. The number of nitrogen functional groups attached to an aromatic ring is 1. The highest BCUT2D eigenvalue weighted by atomic mass is 35.5. The first-order valence-electron chi connectivity index (χ1n) is 8.27. The van der Waals surface area contributed by atoms with Crippen LogP contribution in [0.25, 0.3) is 0 Å². The van der Waals surface area contributed by atoms with Crippen LogP contribution in [0, 0.1) is 0 Å². The fraction of sp³-hybridized carbons (Fsp3) is 0.100. The number of nitrogens with two attached hydrogens (primary N) is 1. The van der Waals surface area contributed by atoms with Gasteiger partial charge >= 0.3 is 0 Å². The molecule has 0 bridgehead atoms. The molecule has 0 fully saturated rings. The summed E-state index contributed by atoms with van der Waals surface area (Å²) in [5.41, 5.74) is 7.54. The van der Waals surface area contributed by atoms with Crippen LogP contribution in [0.2, 0.25) is 15.1 Å². The Kier molecular flexibility index (Phi) is 6.29. The average Bonchev–Trinajstić information content (AvgIpc) is 2.66. The lowest BCUT2D eigenvalue weighted by atomic mass is 10.1. The molecule has 3 rings (SSSR count). The Balaban J connectivity index is 1.77. The number of anilines is 2. The van der Waals surface area contributed by atoms with E-state index in [0.29, 0.717) is 32.1 Å². The third-order valence-corrected chi connectivity index (χ3v) is 4.71. The normalized spacial score (nSPS) is 11.7. The van der Waals surface area contributed by atoms with E-state index in [1.807, 2.05) is 19.1 Å². The molecule has 3 aromatic rings. The van der Waals surface area contributed by atoms with Gasteiger partial charge in [-0.15, -0.1) is 0 Å². The first-order chi connectivity index (χ1) is 13.3. The number of halogens is 3. The van der Waals surface area contributed by atoms with Gasteiger partial charge in [-0.1, -0.05) is 46.9 Å². The van der Waals surface area contributed by atoms with Crippen LogP contribution >= 0.6 is 34.8 Å². The quantitative estimate of drug-likeness (QED) is 0.513. The third kappa shape index (κ3) is 4.87. The van der Waals surface area contributed by atoms with E-state index in [-0.39, 0.29) is 17.8 Å². The fourth-order valence-electron chi connectivity index (χ4n) is 2.52. The van der Waals surface area contributed by atoms with E-state index in [0.717, 1.165) is 5.56 Å². The van der Waals surface area contributed by atoms with E-state index >= 15 is 0 Å². The van der Waals surface area contributed by atoms with Crippen LogP contribution in [-0.2, 0) is 0 Å². The number of rotatable bonds is 5. The first kappa shape index (κ1) is 20.3. The maximum atomic E-state index is 12.5. The summed E-state index contributed by atoms with van der Waals surface area (Å²) in [6.45, 7) is 1.86. The molecule has 0 saturated heterocycles. The Labute approximate surface area is 177 Å². The number of amides is 1. The minimum Gasteiger partial charge on any atom is -0.482 e. The van der Waals surface area contributed by atoms with Crippen molar-refractivity contribution in [1.29, 1.82) is 0 Å². The molecule has 0 aliphatic heterocycles. The van der Waals surface area contributed by atoms with E-state index in [9.17, 15) is 4.79 Å². The fourth-order valence-corrected chi connectivity index (χ4v) is 3.05. The van der Waals surface area contributed by atoms with Gasteiger partial charge in [-0.05, 0) is 42.8 Å². The molecule has 8 heteroatoms. The van der Waals surface area contributed by atoms with E-state index in [2.05, 4.69) is 10.3 Å². The molecule has 0 saturated carbocycles. The molecule has 1 amide bonds. The third-order valence-electron chi connectivity index (χ3n) is 3.94. The number of benzene rings is 2. The van der Waals surface area contributed by atoms with Crippen molar-refractivity contribution in [1.82, 2.24) is 4.98 Å². The zero-order valence-corrected chi connectivity index (χ0v) is 17.0. The summed E-state index contributed by atoms with van der Waals surface area (Å²) >= 11 is 18.0. The summed E-state index contributed by atoms with van der Waals surface area (Å²) < 4.78 is 5.87. The Bertz CT molecular complexity index is 1030. The van der Waals surface area contributed by atoms with E-state index in [1.54, 1.807) is 30.3 Å². The first-order valence-corrected chi connectivity index (χ1v) is 9.41. The van der Waals surface area contributed by atoms with Crippen molar-refractivity contribution in [3.63, 3.8) is 0 Å². The highest BCUT2D eigenvalue weighted by molar-refractivity contribution is 6.36. The van der Waals surface area contributed by atoms with Gasteiger partial charge in [0.1, 0.15) is 6.10 Å². The van der Waals surface area contributed by atoms with Crippen LogP contribution in [0.5, 0.6) is 5.75 Å². The van der Waals surface area contributed by atoms with Gasteiger partial charge in [-0.25, -0.2) is 4.98 Å². The molecule has 28 heavy (non-hydrogen) atoms. The SMILES string of the molecule is C[C@H](Oc1cc(Cl)cnc1N)c1cccc(NC(=O)c2cc(Cl)ccc2Cl)c1. The predicted molar refractivity (Wildman–Crippen MR) is 114 cm³/mol. The minimum absolute atomic E-state index is 0.247. The molecule has 0 radical (unpaired) electrons. The van der Waals surface area contributed by atoms with Crippen molar-refractivity contribution < 1.29 is 9.53 Å². The minimum atomic E-state index is -0.360. The molecule has 1 heterocycles. The maximum absolute atomic E-state index is 12.5. The number of pyridine rings is 1. The number of ether oxygens (including phenoxy) is 1. The Morgan fingerprint density at radius 3 is 2.68 bits per heavy atom. The molecule has 2 aromatic carbocycles. The van der Waals surface area contributed by atoms with Gasteiger partial charge in [0.05, 0.1) is 15.6 Å². The van der Waals surface area contributed by atoms with Crippen LogP contribution in [0.15, 0.2) is 54.7 Å². The van der Waals surface area contributed by atoms with Gasteiger partial charge in [0, 0.05) is 23.0 Å². The molecule has 1 atom stereocenters. The molecule has 1 aromatic heterocycles. The molecule has 0 spiro atoms. The van der Waals surface area contributed by atoms with E-state index in [1.165, 1.54) is 12.3 Å². The molecule has 5 nitrogen and oxygen atoms in total. The van der Waals surface area contributed by atoms with Gasteiger partial charge in [-0.3, -0.25) is 4.79 Å². The van der Waals surface area contributed by atoms with E-state index < -0.39 is 0 Å². The van der Waals surface area contributed by atoms with Crippen LogP contribution in [0.1, 0.15) is 28.9 Å². The van der Waals surface area contributed by atoms with Crippen molar-refractivity contribution in [3.8, 4) is 5.75 Å². The van der Waals surface area contributed by atoms with Gasteiger partial charge in [0.2, 0.25) is 0 Å². The largest absolute Gasteiger partial charge is 0.482 e. The lowest BCUT2D eigenvalue weighted by molar-refractivity contribution is 0.102. The number of aromatic nitrogens is 1. The van der Waals surface area contributed by atoms with Gasteiger partial charge in [-0.2, -0.15) is 0 Å². The molecule has 0 aliphatic rings. The molecule has 3 N–H and O–H groups in total. The zero-order valence-electron chi connectivity index (χ0n) is 14.7. The number of nitrogens with one attached hydrogen (secondary N) is 1. The molecule has 0 unspecified atom stereocenters. The highest BCUT2D eigenvalue weighted by Gasteiger charge is 2.14. The van der Waals surface area contributed by atoms with Crippen molar-refractivity contribution in [2.24, 2.45) is 0 Å². The standard InChI is InChI=1S/C20H16Cl3N3O2/c1-11(28-18-9-14(22)10-25-19(18)24)12-3-2-4-15(7-12)26-20(27)16-8-13(21)5-6-17(16)23/h2-11H,1H3,(H2,24,25)(H,26,27)/t11-/m0/s1. The van der Waals surface area contributed by atoms with Crippen molar-refractivity contribution in [2.75, 3.05) is 11.1 Å². The maximum Gasteiger partial charge on any atom is 0.257 e. The summed E-state index contributed by atoms with van der Waals surface area (Å²) in [4.78, 5) is 16.5. The van der Waals surface area contributed by atoms with Crippen LogP contribution in [-0.4, -0.2) is 10.9 Å². The summed E-state index contributed by atoms with van der Waals surface area (Å²) in [5, 5.41) is 3.98. The van der Waals surface area contributed by atoms with Crippen LogP contribution in [0.4, 0.5) is 11.5 Å². The summed E-state index contributed by atoms with van der Waals surface area (Å²) in [7, 11) is 0. The predicted octanol–water partition coefficient (Wildman–Crippen LogP) is 6.02. The summed E-state index contributed by atoms with van der Waals surface area (Å²) in [5.74, 6) is 0.276. The van der Waals surface area contributed by atoms with Gasteiger partial charge < -0.3 is 15.8 Å². The average molecular weight is 437 g/mol. The zero-order chi connectivity index (χ0) is 20.3. The number of carbonyl (C=O) groups excluding carboxylic acids is 1. The second kappa shape index (κ2) is 8.69. The summed E-state index contributed by atoms with van der Waals surface area (Å²) in [6.07, 6.45) is 1.10. The molecular formula is C20H16Cl3N3O2. The number of nitrogens with zero attached hydrogens (tertiary/aromatic N) is 1. The smallest absolute Gasteiger partial charge is 0.257 e. The van der Waals surface area contributed by atoms with Crippen LogP contribution < -0.4 is 15.8 Å². The highest BCUT2D eigenvalue weighted by Crippen LogP contribution is 2.29. The number of hydrogen-bond acceptors (Lipinski definition) is 4. The van der Waals surface area contributed by atoms with Crippen molar-refractivity contribution in [3.05, 3.63) is 80.9 Å². The topological polar surface area (TPSA) is 77.2 Å². The monoisotopic (exact) mass is 435 g/mol. The Morgan fingerprint density at radius 2 is 1.89 bits per heavy atom. The van der Waals surface area contributed by atoms with Crippen molar-refractivity contribution >= 4 is 52.2 Å². The second-order valence-corrected chi connectivity index (χ2v) is 7.28. The van der Waals surface area contributed by atoms with E-state index in [4.69, 9.17) is 45.3 Å². The molecule has 144 valence electrons. The number of carbonyl (C=O) groups is 1. The Hall–Kier alpha value is -2.47. The lowest BCUT2D eigenvalue weighted by Crippen LogP contribution is -2.13. The summed E-state index contributed by atoms with van der Waals surface area (Å²) in [6, 6.07) is 13.6.